The number of rotatable bonds is 12. The third kappa shape index (κ3) is 7.86. The molecule has 0 spiro atoms. The van der Waals surface area contributed by atoms with Gasteiger partial charge in [0.25, 0.3) is 11.8 Å². The lowest BCUT2D eigenvalue weighted by Gasteiger charge is -2.32. The second-order valence-electron chi connectivity index (χ2n) is 7.91. The summed E-state index contributed by atoms with van der Waals surface area (Å²) >= 11 is 0. The normalized spacial score (nSPS) is 14.7. The fourth-order valence-electron chi connectivity index (χ4n) is 3.03. The Labute approximate surface area is 186 Å². The highest BCUT2D eigenvalue weighted by atomic mass is 16.4. The first-order chi connectivity index (χ1) is 15.0. The third-order valence-corrected chi connectivity index (χ3v) is 4.93. The van der Waals surface area contributed by atoms with Gasteiger partial charge in [0, 0.05) is 12.8 Å². The van der Waals surface area contributed by atoms with Crippen LogP contribution in [0.2, 0.25) is 0 Å². The fourth-order valence-corrected chi connectivity index (χ4v) is 3.03. The molecule has 0 aliphatic carbocycles. The van der Waals surface area contributed by atoms with Gasteiger partial charge < -0.3 is 26.1 Å². The number of hydrogen-bond donors (Lipinski definition) is 4. The van der Waals surface area contributed by atoms with E-state index in [0.29, 0.717) is 16.7 Å². The number of benzene rings is 1. The molecule has 0 heterocycles. The Balaban J connectivity index is 3.18. The smallest absolute Gasteiger partial charge is 0.305 e. The minimum atomic E-state index is -1.66. The lowest BCUT2D eigenvalue weighted by molar-refractivity contribution is -0.156. The molecule has 10 heteroatoms. The van der Waals surface area contributed by atoms with Crippen LogP contribution in [0.3, 0.4) is 0 Å². The van der Waals surface area contributed by atoms with Gasteiger partial charge in [0.1, 0.15) is 18.4 Å². The molecule has 0 aliphatic heterocycles. The Kier molecular flexibility index (Phi) is 10.7. The van der Waals surface area contributed by atoms with Crippen molar-refractivity contribution in [3.8, 4) is 0 Å². The molecule has 0 fully saturated rings. The van der Waals surface area contributed by atoms with Crippen LogP contribution in [0.4, 0.5) is 0 Å². The van der Waals surface area contributed by atoms with Crippen LogP contribution in [0.5, 0.6) is 0 Å². The van der Waals surface area contributed by atoms with Crippen molar-refractivity contribution in [3.05, 3.63) is 35.9 Å². The van der Waals surface area contributed by atoms with Crippen LogP contribution in [0.25, 0.3) is 0 Å². The summed E-state index contributed by atoms with van der Waals surface area (Å²) in [5.74, 6) is -4.17. The van der Waals surface area contributed by atoms with E-state index >= 15 is 0 Å². The van der Waals surface area contributed by atoms with Crippen LogP contribution in [0.15, 0.2) is 30.3 Å². The highest BCUT2D eigenvalue weighted by molar-refractivity contribution is 6.01. The maximum Gasteiger partial charge on any atom is 0.305 e. The highest BCUT2D eigenvalue weighted by Gasteiger charge is 2.37. The van der Waals surface area contributed by atoms with Gasteiger partial charge in [0.05, 0.1) is 18.5 Å². The molecular weight excluding hydrogens is 418 g/mol. The van der Waals surface area contributed by atoms with E-state index in [4.69, 9.17) is 5.73 Å². The molecule has 4 atom stereocenters. The second kappa shape index (κ2) is 12.7. The van der Waals surface area contributed by atoms with Gasteiger partial charge in [-0.15, -0.1) is 0 Å². The Morgan fingerprint density at radius 1 is 1.09 bits per heavy atom. The summed E-state index contributed by atoms with van der Waals surface area (Å²) in [5.41, 5.74) is 6.40. The average Bonchev–Trinajstić information content (AvgIpc) is 2.73. The summed E-state index contributed by atoms with van der Waals surface area (Å²) in [6.45, 7) is 4.76. The third-order valence-electron chi connectivity index (χ3n) is 4.93. The minimum absolute atomic E-state index is 0.122. The van der Waals surface area contributed by atoms with Crippen LogP contribution in [0, 0.1) is 5.92 Å². The number of aldehydes is 1. The standard InChI is InChI=1S/C22H31N3O7/c1-13(2)19(23)20(30)24-14(3)21(31)25(16(9-10-26)12-18(28)29)22(32)17(27)11-15-7-5-4-6-8-15/h4-8,10,13-14,16-17,19,27H,9,11-12,23H2,1-3H3,(H,24,30)(H,28,29)/t14-,16+,17?,19-/m0/s1. The number of nitrogens with one attached hydrogen (secondary N) is 1. The molecule has 1 rings (SSSR count). The molecule has 0 radical (unpaired) electrons. The summed E-state index contributed by atoms with van der Waals surface area (Å²) < 4.78 is 0. The van der Waals surface area contributed by atoms with E-state index in [0.717, 1.165) is 0 Å². The molecule has 0 aromatic heterocycles. The van der Waals surface area contributed by atoms with Gasteiger partial charge in [-0.05, 0) is 18.4 Å². The molecule has 0 bridgehead atoms. The van der Waals surface area contributed by atoms with Gasteiger partial charge in [0.2, 0.25) is 5.91 Å². The van der Waals surface area contributed by atoms with Gasteiger partial charge >= 0.3 is 5.97 Å². The van der Waals surface area contributed by atoms with Gasteiger partial charge in [0.15, 0.2) is 0 Å². The van der Waals surface area contributed by atoms with Crippen molar-refractivity contribution in [1.82, 2.24) is 10.2 Å². The molecule has 1 aromatic carbocycles. The zero-order valence-corrected chi connectivity index (χ0v) is 18.4. The number of aliphatic hydroxyl groups is 1. The number of carbonyl (C=O) groups excluding carboxylic acids is 4. The first-order valence-corrected chi connectivity index (χ1v) is 10.3. The van der Waals surface area contributed by atoms with Gasteiger partial charge in [-0.3, -0.25) is 24.1 Å². The lowest BCUT2D eigenvalue weighted by Crippen LogP contribution is -2.58. The zero-order chi connectivity index (χ0) is 24.4. The van der Waals surface area contributed by atoms with Crippen LogP contribution in [-0.2, 0) is 30.4 Å². The molecule has 1 unspecified atom stereocenters. The Hall–Kier alpha value is -3.11. The summed E-state index contributed by atoms with van der Waals surface area (Å²) in [6, 6.07) is 5.07. The molecule has 1 aromatic rings. The van der Waals surface area contributed by atoms with Crippen molar-refractivity contribution in [1.29, 1.82) is 0 Å². The molecule has 5 N–H and O–H groups in total. The summed E-state index contributed by atoms with van der Waals surface area (Å²) in [7, 11) is 0. The van der Waals surface area contributed by atoms with E-state index in [2.05, 4.69) is 5.32 Å². The number of nitrogens with zero attached hydrogens (tertiary/aromatic N) is 1. The van der Waals surface area contributed by atoms with E-state index < -0.39 is 60.8 Å². The van der Waals surface area contributed by atoms with Crippen LogP contribution < -0.4 is 11.1 Å². The molecule has 10 nitrogen and oxygen atoms in total. The molecule has 0 saturated carbocycles. The molecule has 0 aliphatic rings. The van der Waals surface area contributed by atoms with Crippen molar-refractivity contribution in [3.63, 3.8) is 0 Å². The topological polar surface area (TPSA) is 167 Å². The van der Waals surface area contributed by atoms with Crippen molar-refractivity contribution in [2.24, 2.45) is 11.7 Å². The minimum Gasteiger partial charge on any atom is -0.481 e. The maximum atomic E-state index is 13.1. The Bertz CT molecular complexity index is 813. The summed E-state index contributed by atoms with van der Waals surface area (Å²) in [4.78, 5) is 61.4. The Morgan fingerprint density at radius 3 is 2.19 bits per heavy atom. The van der Waals surface area contributed by atoms with Crippen molar-refractivity contribution < 1.29 is 34.2 Å². The molecule has 0 saturated heterocycles. The van der Waals surface area contributed by atoms with E-state index in [1.54, 1.807) is 44.2 Å². The number of nitrogens with two attached hydrogens (primary N) is 1. The predicted octanol–water partition coefficient (Wildman–Crippen LogP) is -0.134. The molecule has 3 amide bonds. The monoisotopic (exact) mass is 449 g/mol. The van der Waals surface area contributed by atoms with Gasteiger partial charge in [-0.2, -0.15) is 0 Å². The van der Waals surface area contributed by atoms with Gasteiger partial charge in [-0.1, -0.05) is 44.2 Å². The summed E-state index contributed by atoms with van der Waals surface area (Å²) in [5, 5.41) is 22.1. The number of amides is 3. The summed E-state index contributed by atoms with van der Waals surface area (Å²) in [6.07, 6.45) is -2.52. The number of carboxylic acid groups (broad SMARTS) is 1. The van der Waals surface area contributed by atoms with Gasteiger partial charge in [-0.25, -0.2) is 0 Å². The fraction of sp³-hybridized carbons (Fsp3) is 0.500. The first kappa shape index (κ1) is 26.9. The second-order valence-corrected chi connectivity index (χ2v) is 7.91. The lowest BCUT2D eigenvalue weighted by atomic mass is 10.0. The first-order valence-electron chi connectivity index (χ1n) is 10.3. The maximum absolute atomic E-state index is 13.1. The Morgan fingerprint density at radius 2 is 1.69 bits per heavy atom. The number of hydrogen-bond acceptors (Lipinski definition) is 7. The van der Waals surface area contributed by atoms with Crippen molar-refractivity contribution in [2.75, 3.05) is 0 Å². The van der Waals surface area contributed by atoms with E-state index in [-0.39, 0.29) is 12.3 Å². The zero-order valence-electron chi connectivity index (χ0n) is 18.4. The largest absolute Gasteiger partial charge is 0.481 e. The predicted molar refractivity (Wildman–Crippen MR) is 115 cm³/mol. The van der Waals surface area contributed by atoms with Crippen molar-refractivity contribution in [2.45, 2.75) is 64.3 Å². The average molecular weight is 450 g/mol. The molecular formula is C22H31N3O7. The van der Waals surface area contributed by atoms with Crippen LogP contribution in [0.1, 0.15) is 39.2 Å². The number of carbonyl (C=O) groups is 5. The highest BCUT2D eigenvalue weighted by Crippen LogP contribution is 2.15. The van der Waals surface area contributed by atoms with Crippen molar-refractivity contribution >= 4 is 30.0 Å². The SMILES string of the molecule is CC(C)[C@H](N)C(=O)N[C@@H](C)C(=O)N(C(=O)C(O)Cc1ccccc1)[C@H](CC=O)CC(=O)O. The molecule has 176 valence electrons. The number of carboxylic acids is 1. The van der Waals surface area contributed by atoms with E-state index in [1.807, 2.05) is 0 Å². The quantitative estimate of drug-likeness (QED) is 0.320. The number of aliphatic hydroxyl groups excluding tert-OH is 1. The molecule has 32 heavy (non-hydrogen) atoms. The number of aliphatic carboxylic acids is 1. The van der Waals surface area contributed by atoms with E-state index in [9.17, 15) is 34.2 Å². The van der Waals surface area contributed by atoms with Crippen LogP contribution in [-0.4, -0.2) is 69.3 Å². The van der Waals surface area contributed by atoms with Crippen LogP contribution >= 0.6 is 0 Å². The van der Waals surface area contributed by atoms with E-state index in [1.165, 1.54) is 6.92 Å². The number of imide groups is 1.